The molecule has 3 heterocycles. The second-order valence-corrected chi connectivity index (χ2v) is 7.73. The summed E-state index contributed by atoms with van der Waals surface area (Å²) in [5.74, 6) is 2.86. The Labute approximate surface area is 178 Å². The maximum atomic E-state index is 5.48. The van der Waals surface area contributed by atoms with Crippen LogP contribution in [-0.4, -0.2) is 54.0 Å². The molecule has 2 aliphatic rings. The molecule has 30 heavy (non-hydrogen) atoms. The molecule has 4 rings (SSSR count). The van der Waals surface area contributed by atoms with Crippen molar-refractivity contribution >= 4 is 24.1 Å². The van der Waals surface area contributed by atoms with Crippen LogP contribution in [-0.2, 0) is 0 Å². The molecule has 0 spiro atoms. The smallest absolute Gasteiger partial charge is 0.250 e. The number of piperidine rings is 2. The average molecular weight is 410 g/mol. The summed E-state index contributed by atoms with van der Waals surface area (Å²) in [6.07, 6.45) is 9.05. The van der Waals surface area contributed by atoms with E-state index in [-0.39, 0.29) is 0 Å². The van der Waals surface area contributed by atoms with Crippen molar-refractivity contribution in [2.24, 2.45) is 5.10 Å². The van der Waals surface area contributed by atoms with E-state index in [2.05, 4.69) is 30.3 Å². The molecule has 2 saturated heterocycles. The first-order valence-corrected chi connectivity index (χ1v) is 11.1. The molecular weight excluding hydrogens is 378 g/mol. The van der Waals surface area contributed by atoms with Gasteiger partial charge in [-0.15, -0.1) is 0 Å². The number of ether oxygens (including phenoxy) is 1. The number of hydrazone groups is 1. The van der Waals surface area contributed by atoms with Crippen molar-refractivity contribution in [3.63, 3.8) is 0 Å². The van der Waals surface area contributed by atoms with Crippen LogP contribution in [0.25, 0.3) is 0 Å². The first-order chi connectivity index (χ1) is 14.8. The van der Waals surface area contributed by atoms with E-state index in [0.717, 1.165) is 49.4 Å². The second-order valence-electron chi connectivity index (χ2n) is 7.73. The van der Waals surface area contributed by atoms with Gasteiger partial charge >= 0.3 is 0 Å². The summed E-state index contributed by atoms with van der Waals surface area (Å²) in [4.78, 5) is 18.6. The molecule has 0 bridgehead atoms. The maximum absolute atomic E-state index is 5.48. The number of aromatic nitrogens is 3. The van der Waals surface area contributed by atoms with Crippen LogP contribution in [0.5, 0.6) is 5.75 Å². The summed E-state index contributed by atoms with van der Waals surface area (Å²) in [5, 5.41) is 4.35. The van der Waals surface area contributed by atoms with Crippen molar-refractivity contribution in [1.82, 2.24) is 15.0 Å². The number of nitrogens with zero attached hydrogens (tertiary/aromatic N) is 6. The molecule has 0 aliphatic carbocycles. The summed E-state index contributed by atoms with van der Waals surface area (Å²) in [6, 6.07) is 7.83. The zero-order valence-electron chi connectivity index (χ0n) is 17.8. The Morgan fingerprint density at radius 2 is 1.43 bits per heavy atom. The monoisotopic (exact) mass is 409 g/mol. The average Bonchev–Trinajstić information content (AvgIpc) is 2.81. The quantitative estimate of drug-likeness (QED) is 0.552. The molecule has 1 aromatic carbocycles. The summed E-state index contributed by atoms with van der Waals surface area (Å²) in [7, 11) is 0. The number of rotatable bonds is 7. The van der Waals surface area contributed by atoms with Gasteiger partial charge in [-0.1, -0.05) is 0 Å². The Kier molecular flexibility index (Phi) is 6.95. The SMILES string of the molecule is CCOc1ccc(/C=N/Nc2nc(N3CCCCC3)nc(N3CCCCC3)n2)cc1. The molecule has 2 aliphatic heterocycles. The zero-order valence-corrected chi connectivity index (χ0v) is 17.8. The van der Waals surface area contributed by atoms with Crippen molar-refractivity contribution in [3.8, 4) is 5.75 Å². The van der Waals surface area contributed by atoms with Crippen molar-refractivity contribution in [2.75, 3.05) is 48.0 Å². The van der Waals surface area contributed by atoms with E-state index < -0.39 is 0 Å². The molecule has 0 radical (unpaired) electrons. The molecule has 1 aromatic heterocycles. The number of hydrogen-bond acceptors (Lipinski definition) is 8. The van der Waals surface area contributed by atoms with Gasteiger partial charge in [0, 0.05) is 26.2 Å². The Morgan fingerprint density at radius 3 is 1.97 bits per heavy atom. The lowest BCUT2D eigenvalue weighted by Crippen LogP contribution is -2.34. The fourth-order valence-electron chi connectivity index (χ4n) is 3.86. The molecule has 0 atom stereocenters. The maximum Gasteiger partial charge on any atom is 0.250 e. The first kappa shape index (κ1) is 20.4. The summed E-state index contributed by atoms with van der Waals surface area (Å²) in [6.45, 7) is 6.63. The van der Waals surface area contributed by atoms with Gasteiger partial charge in [-0.2, -0.15) is 20.1 Å². The van der Waals surface area contributed by atoms with E-state index in [1.807, 2.05) is 31.2 Å². The Hall–Kier alpha value is -2.90. The fourth-order valence-corrected chi connectivity index (χ4v) is 3.86. The van der Waals surface area contributed by atoms with Crippen LogP contribution < -0.4 is 20.0 Å². The Bertz CT molecular complexity index is 792. The molecular formula is C22H31N7O. The molecule has 1 N–H and O–H groups in total. The number of hydrogen-bond donors (Lipinski definition) is 1. The van der Waals surface area contributed by atoms with Gasteiger partial charge in [0.1, 0.15) is 5.75 Å². The summed E-state index contributed by atoms with van der Waals surface area (Å²) < 4.78 is 5.48. The van der Waals surface area contributed by atoms with Crippen molar-refractivity contribution in [2.45, 2.75) is 45.4 Å². The summed E-state index contributed by atoms with van der Waals surface area (Å²) in [5.41, 5.74) is 3.99. The van der Waals surface area contributed by atoms with E-state index in [1.165, 1.54) is 38.5 Å². The highest BCUT2D eigenvalue weighted by Crippen LogP contribution is 2.22. The number of anilines is 3. The topological polar surface area (TPSA) is 78.8 Å². The highest BCUT2D eigenvalue weighted by Gasteiger charge is 2.20. The molecule has 8 nitrogen and oxygen atoms in total. The molecule has 160 valence electrons. The highest BCUT2D eigenvalue weighted by atomic mass is 16.5. The predicted molar refractivity (Wildman–Crippen MR) is 121 cm³/mol. The molecule has 0 unspecified atom stereocenters. The molecule has 2 fully saturated rings. The van der Waals surface area contributed by atoms with Crippen LogP contribution in [0.15, 0.2) is 29.4 Å². The zero-order chi connectivity index (χ0) is 20.6. The minimum absolute atomic E-state index is 0.494. The van der Waals surface area contributed by atoms with Crippen molar-refractivity contribution < 1.29 is 4.74 Å². The third-order valence-electron chi connectivity index (χ3n) is 5.46. The van der Waals surface area contributed by atoms with Crippen LogP contribution in [0.4, 0.5) is 17.8 Å². The summed E-state index contributed by atoms with van der Waals surface area (Å²) >= 11 is 0. The fraction of sp³-hybridized carbons (Fsp3) is 0.545. The van der Waals surface area contributed by atoms with Crippen molar-refractivity contribution in [3.05, 3.63) is 29.8 Å². The minimum Gasteiger partial charge on any atom is -0.494 e. The molecule has 2 aromatic rings. The number of nitrogens with one attached hydrogen (secondary N) is 1. The first-order valence-electron chi connectivity index (χ1n) is 11.1. The third-order valence-corrected chi connectivity index (χ3v) is 5.46. The molecule has 8 heteroatoms. The normalized spacial score (nSPS) is 17.4. The van der Waals surface area contributed by atoms with E-state index in [9.17, 15) is 0 Å². The van der Waals surface area contributed by atoms with Gasteiger partial charge in [0.25, 0.3) is 0 Å². The molecule has 0 saturated carbocycles. The van der Waals surface area contributed by atoms with E-state index in [0.29, 0.717) is 12.6 Å². The van der Waals surface area contributed by atoms with Crippen molar-refractivity contribution in [1.29, 1.82) is 0 Å². The standard InChI is InChI=1S/C22H31N7O/c1-2-30-19-11-9-18(10-12-19)17-23-27-20-24-21(28-13-5-3-6-14-28)26-22(25-20)29-15-7-4-8-16-29/h9-12,17H,2-8,13-16H2,1H3,(H,24,25,26,27)/b23-17+. The predicted octanol–water partition coefficient (Wildman–Crippen LogP) is 3.70. The van der Waals surface area contributed by atoms with E-state index in [1.54, 1.807) is 6.21 Å². The lowest BCUT2D eigenvalue weighted by atomic mass is 10.1. The van der Waals surface area contributed by atoms with E-state index >= 15 is 0 Å². The van der Waals surface area contributed by atoms with Crippen LogP contribution >= 0.6 is 0 Å². The Balaban J connectivity index is 1.50. The van der Waals surface area contributed by atoms with Gasteiger partial charge < -0.3 is 14.5 Å². The largest absolute Gasteiger partial charge is 0.494 e. The van der Waals surface area contributed by atoms with E-state index in [4.69, 9.17) is 9.72 Å². The lowest BCUT2D eigenvalue weighted by Gasteiger charge is -2.30. The van der Waals surface area contributed by atoms with Gasteiger partial charge in [0.15, 0.2) is 0 Å². The number of benzene rings is 1. The van der Waals surface area contributed by atoms with Crippen LogP contribution in [0.3, 0.4) is 0 Å². The van der Waals surface area contributed by atoms with Gasteiger partial charge in [0.05, 0.1) is 12.8 Å². The van der Waals surface area contributed by atoms with Gasteiger partial charge in [-0.25, -0.2) is 5.43 Å². The van der Waals surface area contributed by atoms with Gasteiger partial charge in [-0.3, -0.25) is 0 Å². The van der Waals surface area contributed by atoms with Gasteiger partial charge in [-0.05, 0) is 75.3 Å². The third kappa shape index (κ3) is 5.37. The van der Waals surface area contributed by atoms with Crippen LogP contribution in [0.1, 0.15) is 51.0 Å². The van der Waals surface area contributed by atoms with Gasteiger partial charge in [0.2, 0.25) is 17.8 Å². The highest BCUT2D eigenvalue weighted by molar-refractivity contribution is 5.80. The minimum atomic E-state index is 0.494. The molecule has 0 amide bonds. The second kappa shape index (κ2) is 10.2. The van der Waals surface area contributed by atoms with Crippen LogP contribution in [0.2, 0.25) is 0 Å². The lowest BCUT2D eigenvalue weighted by molar-refractivity contribution is 0.340. The van der Waals surface area contributed by atoms with Crippen LogP contribution in [0, 0.1) is 0 Å². The Morgan fingerprint density at radius 1 is 0.867 bits per heavy atom.